The summed E-state index contributed by atoms with van der Waals surface area (Å²) in [5.41, 5.74) is -0.446. The molecule has 10 atom stereocenters. The van der Waals surface area contributed by atoms with Gasteiger partial charge in [0.15, 0.2) is 0 Å². The van der Waals surface area contributed by atoms with Crippen LogP contribution in [0, 0.1) is 44.6 Å². The number of nitrogens with zero attached hydrogens (tertiary/aromatic N) is 1. The summed E-state index contributed by atoms with van der Waals surface area (Å²) in [6, 6.07) is -0.520. The van der Waals surface area contributed by atoms with E-state index in [9.17, 15) is 20.3 Å². The van der Waals surface area contributed by atoms with E-state index in [1.165, 1.54) is 0 Å². The van der Waals surface area contributed by atoms with Gasteiger partial charge in [-0.2, -0.15) is 0 Å². The van der Waals surface area contributed by atoms with E-state index in [-0.39, 0.29) is 27.8 Å². The SMILES string of the molecule is CO[C@H]1C[C@@]2(C)[C@@H](CC[C@@H]3[C@@H]2[C@@H](O)C[C@]2(C)[C@@H]([N+](=O)[O-])CC[C@@H]32)C[C@@H]1O. The molecule has 0 bridgehead atoms. The Morgan fingerprint density at radius 3 is 2.42 bits per heavy atom. The molecule has 148 valence electrons. The summed E-state index contributed by atoms with van der Waals surface area (Å²) in [5, 5.41) is 33.2. The van der Waals surface area contributed by atoms with Crippen molar-refractivity contribution in [1.82, 2.24) is 0 Å². The van der Waals surface area contributed by atoms with E-state index >= 15 is 0 Å². The van der Waals surface area contributed by atoms with Gasteiger partial charge >= 0.3 is 0 Å². The first kappa shape index (κ1) is 18.6. The zero-order valence-corrected chi connectivity index (χ0v) is 16.1. The van der Waals surface area contributed by atoms with Crippen molar-refractivity contribution >= 4 is 0 Å². The third-order valence-corrected chi connectivity index (χ3v) is 9.10. The molecule has 0 amide bonds. The van der Waals surface area contributed by atoms with E-state index in [1.54, 1.807) is 7.11 Å². The van der Waals surface area contributed by atoms with Gasteiger partial charge in [0.2, 0.25) is 6.04 Å². The number of rotatable bonds is 2. The molecule has 26 heavy (non-hydrogen) atoms. The van der Waals surface area contributed by atoms with Gasteiger partial charge in [0.05, 0.1) is 18.3 Å². The lowest BCUT2D eigenvalue weighted by Gasteiger charge is -2.62. The second-order valence-corrected chi connectivity index (χ2v) is 10.0. The highest BCUT2D eigenvalue weighted by molar-refractivity contribution is 5.13. The second kappa shape index (κ2) is 6.14. The molecule has 6 nitrogen and oxygen atoms in total. The number of fused-ring (bicyclic) bond motifs is 5. The standard InChI is InChI=1S/C20H33NO5/c1-19-10-16(26-3)14(22)8-11(19)4-5-12-13-6-7-17(21(24)25)20(13,2)9-15(23)18(12)19/h11-18,22-23H,4-10H2,1-3H3/t11-,12-,13-,14-,15-,16-,17-,18+,19-,20-/m0/s1. The number of nitro groups is 1. The van der Waals surface area contributed by atoms with E-state index in [4.69, 9.17) is 4.74 Å². The minimum Gasteiger partial charge on any atom is -0.393 e. The summed E-state index contributed by atoms with van der Waals surface area (Å²) in [6.45, 7) is 4.33. The quantitative estimate of drug-likeness (QED) is 0.578. The largest absolute Gasteiger partial charge is 0.393 e. The molecule has 0 radical (unpaired) electrons. The molecule has 4 aliphatic rings. The van der Waals surface area contributed by atoms with Crippen LogP contribution in [0.3, 0.4) is 0 Å². The van der Waals surface area contributed by atoms with Crippen LogP contribution in [0.2, 0.25) is 0 Å². The van der Waals surface area contributed by atoms with Crippen LogP contribution in [0.25, 0.3) is 0 Å². The number of methoxy groups -OCH3 is 1. The van der Waals surface area contributed by atoms with Crippen molar-refractivity contribution in [2.75, 3.05) is 7.11 Å². The molecule has 4 aliphatic carbocycles. The van der Waals surface area contributed by atoms with Crippen molar-refractivity contribution in [2.45, 2.75) is 83.1 Å². The topological polar surface area (TPSA) is 92.8 Å². The summed E-state index contributed by atoms with van der Waals surface area (Å²) >= 11 is 0. The maximum Gasteiger partial charge on any atom is 0.218 e. The molecule has 0 spiro atoms. The Kier molecular flexibility index (Phi) is 4.40. The third kappa shape index (κ3) is 2.41. The average Bonchev–Trinajstić information content (AvgIpc) is 2.91. The van der Waals surface area contributed by atoms with Gasteiger partial charge in [-0.25, -0.2) is 0 Å². The molecular formula is C20H33NO5. The molecule has 2 N–H and O–H groups in total. The molecule has 0 saturated heterocycles. The maximum absolute atomic E-state index is 11.6. The third-order valence-electron chi connectivity index (χ3n) is 9.10. The Morgan fingerprint density at radius 1 is 1.04 bits per heavy atom. The first-order chi connectivity index (χ1) is 12.2. The molecule has 0 aromatic rings. The van der Waals surface area contributed by atoms with Crippen LogP contribution in [0.15, 0.2) is 0 Å². The average molecular weight is 367 g/mol. The Balaban J connectivity index is 1.67. The molecule has 0 heterocycles. The van der Waals surface area contributed by atoms with Gasteiger partial charge in [-0.1, -0.05) is 13.8 Å². The lowest BCUT2D eigenvalue weighted by molar-refractivity contribution is -0.541. The van der Waals surface area contributed by atoms with Crippen molar-refractivity contribution in [1.29, 1.82) is 0 Å². The van der Waals surface area contributed by atoms with Gasteiger partial charge in [0, 0.05) is 23.9 Å². The molecule has 0 aliphatic heterocycles. The number of hydrogen-bond acceptors (Lipinski definition) is 5. The lowest BCUT2D eigenvalue weighted by Crippen LogP contribution is -2.61. The fraction of sp³-hybridized carbons (Fsp3) is 1.00. The number of hydrogen-bond donors (Lipinski definition) is 2. The zero-order valence-electron chi connectivity index (χ0n) is 16.1. The van der Waals surface area contributed by atoms with Crippen molar-refractivity contribution in [2.24, 2.45) is 34.5 Å². The van der Waals surface area contributed by atoms with E-state index < -0.39 is 18.2 Å². The van der Waals surface area contributed by atoms with Crippen LogP contribution in [0.4, 0.5) is 0 Å². The minimum absolute atomic E-state index is 0.0593. The fourth-order valence-electron chi connectivity index (χ4n) is 7.94. The number of ether oxygens (including phenoxy) is 1. The van der Waals surface area contributed by atoms with Crippen molar-refractivity contribution in [3.05, 3.63) is 10.1 Å². The van der Waals surface area contributed by atoms with Crippen LogP contribution in [0.1, 0.15) is 58.8 Å². The Labute approximate surface area is 155 Å². The van der Waals surface area contributed by atoms with E-state index in [0.29, 0.717) is 30.6 Å². The van der Waals surface area contributed by atoms with Crippen LogP contribution >= 0.6 is 0 Å². The van der Waals surface area contributed by atoms with Gasteiger partial charge in [-0.05, 0) is 67.6 Å². The molecule has 0 aromatic carbocycles. The molecule has 4 fully saturated rings. The van der Waals surface area contributed by atoms with Gasteiger partial charge in [-0.3, -0.25) is 10.1 Å². The fourth-order valence-corrected chi connectivity index (χ4v) is 7.94. The van der Waals surface area contributed by atoms with Crippen LogP contribution < -0.4 is 0 Å². The second-order valence-electron chi connectivity index (χ2n) is 10.0. The van der Waals surface area contributed by atoms with Gasteiger partial charge in [-0.15, -0.1) is 0 Å². The molecule has 4 saturated carbocycles. The Hall–Kier alpha value is -0.720. The van der Waals surface area contributed by atoms with Gasteiger partial charge in [0.1, 0.15) is 0 Å². The van der Waals surface area contributed by atoms with E-state index in [1.807, 2.05) is 0 Å². The number of aliphatic hydroxyl groups is 2. The highest BCUT2D eigenvalue weighted by Crippen LogP contribution is 2.66. The molecule has 4 rings (SSSR count). The number of aliphatic hydroxyl groups excluding tert-OH is 2. The molecule has 0 unspecified atom stereocenters. The molecule has 0 aromatic heterocycles. The summed E-state index contributed by atoms with van der Waals surface area (Å²) in [4.78, 5) is 11.5. The Morgan fingerprint density at radius 2 is 1.77 bits per heavy atom. The highest BCUT2D eigenvalue weighted by Gasteiger charge is 2.66. The van der Waals surface area contributed by atoms with Crippen LogP contribution in [-0.4, -0.2) is 46.6 Å². The van der Waals surface area contributed by atoms with Crippen molar-refractivity contribution in [3.8, 4) is 0 Å². The minimum atomic E-state index is -0.520. The van der Waals surface area contributed by atoms with Gasteiger partial charge < -0.3 is 14.9 Å². The Bertz CT molecular complexity index is 585. The monoisotopic (exact) mass is 367 g/mol. The smallest absolute Gasteiger partial charge is 0.218 e. The van der Waals surface area contributed by atoms with Crippen LogP contribution in [0.5, 0.6) is 0 Å². The molecular weight excluding hydrogens is 334 g/mol. The van der Waals surface area contributed by atoms with Gasteiger partial charge in [0.25, 0.3) is 0 Å². The van der Waals surface area contributed by atoms with Crippen LogP contribution in [-0.2, 0) is 4.74 Å². The molecule has 6 heteroatoms. The maximum atomic E-state index is 11.6. The van der Waals surface area contributed by atoms with E-state index in [2.05, 4.69) is 13.8 Å². The summed E-state index contributed by atoms with van der Waals surface area (Å²) in [6.07, 6.45) is 4.58. The zero-order chi connectivity index (χ0) is 18.9. The highest BCUT2D eigenvalue weighted by atomic mass is 16.6. The summed E-state index contributed by atoms with van der Waals surface area (Å²) in [5.74, 6) is 1.24. The predicted octanol–water partition coefficient (Wildman–Crippen LogP) is 2.63. The lowest BCUT2D eigenvalue weighted by atomic mass is 9.44. The first-order valence-electron chi connectivity index (χ1n) is 10.2. The first-order valence-corrected chi connectivity index (χ1v) is 10.2. The summed E-state index contributed by atoms with van der Waals surface area (Å²) in [7, 11) is 1.66. The van der Waals surface area contributed by atoms with Crippen molar-refractivity contribution in [3.63, 3.8) is 0 Å². The van der Waals surface area contributed by atoms with E-state index in [0.717, 1.165) is 32.1 Å². The summed E-state index contributed by atoms with van der Waals surface area (Å²) < 4.78 is 5.57. The predicted molar refractivity (Wildman–Crippen MR) is 96.1 cm³/mol. The van der Waals surface area contributed by atoms with Crippen molar-refractivity contribution < 1.29 is 19.9 Å². The normalized spacial score (nSPS) is 56.3.